The minimum Gasteiger partial charge on any atom is -0.388 e. The summed E-state index contributed by atoms with van der Waals surface area (Å²) in [7, 11) is 1.54. The second-order valence-corrected chi connectivity index (χ2v) is 6.46. The van der Waals surface area contributed by atoms with Crippen molar-refractivity contribution in [3.63, 3.8) is 0 Å². The van der Waals surface area contributed by atoms with E-state index in [1.165, 1.54) is 0 Å². The van der Waals surface area contributed by atoms with Crippen LogP contribution in [0.2, 0.25) is 0 Å². The number of nitrogens with one attached hydrogen (secondary N) is 1. The minimum absolute atomic E-state index is 0.115. The van der Waals surface area contributed by atoms with E-state index in [0.29, 0.717) is 18.5 Å². The van der Waals surface area contributed by atoms with Gasteiger partial charge in [-0.25, -0.2) is 0 Å². The molecule has 0 aromatic carbocycles. The fourth-order valence-electron chi connectivity index (χ4n) is 2.37. The van der Waals surface area contributed by atoms with Gasteiger partial charge in [-0.15, -0.1) is 0 Å². The lowest BCUT2D eigenvalue weighted by molar-refractivity contribution is -0.125. The van der Waals surface area contributed by atoms with Crippen LogP contribution in [0.1, 0.15) is 46.0 Å². The molecule has 4 N–H and O–H groups in total. The van der Waals surface area contributed by atoms with E-state index in [4.69, 9.17) is 10.5 Å². The van der Waals surface area contributed by atoms with E-state index in [0.717, 1.165) is 25.7 Å². The Bertz CT molecular complexity index is 291. The van der Waals surface area contributed by atoms with Crippen molar-refractivity contribution >= 4 is 5.91 Å². The predicted molar refractivity (Wildman–Crippen MR) is 74.7 cm³/mol. The van der Waals surface area contributed by atoms with Gasteiger partial charge in [0.15, 0.2) is 0 Å². The Kier molecular flexibility index (Phi) is 5.77. The molecule has 0 aromatic heterocycles. The van der Waals surface area contributed by atoms with Crippen molar-refractivity contribution < 1.29 is 14.6 Å². The summed E-state index contributed by atoms with van der Waals surface area (Å²) in [4.78, 5) is 11.7. The number of ether oxygens (including phenoxy) is 1. The summed E-state index contributed by atoms with van der Waals surface area (Å²) >= 11 is 0. The highest BCUT2D eigenvalue weighted by Crippen LogP contribution is 2.39. The molecule has 1 fully saturated rings. The van der Waals surface area contributed by atoms with E-state index in [1.807, 2.05) is 0 Å². The maximum Gasteiger partial charge on any atom is 0.222 e. The van der Waals surface area contributed by atoms with Gasteiger partial charge in [-0.05, 0) is 31.1 Å². The van der Waals surface area contributed by atoms with E-state index in [2.05, 4.69) is 19.2 Å². The standard InChI is InChI=1S/C14H28N2O3/c1-13(2)4-6-14(18,7-5-13)10-16-12(17)8-11(9-15)19-3/h11,18H,4-10,15H2,1-3H3,(H,16,17). The van der Waals surface area contributed by atoms with Gasteiger partial charge >= 0.3 is 0 Å². The fraction of sp³-hybridized carbons (Fsp3) is 0.929. The van der Waals surface area contributed by atoms with Crippen LogP contribution >= 0.6 is 0 Å². The van der Waals surface area contributed by atoms with Gasteiger partial charge in [0.1, 0.15) is 0 Å². The number of rotatable bonds is 6. The number of hydrogen-bond acceptors (Lipinski definition) is 4. The molecule has 1 aliphatic rings. The Morgan fingerprint density at radius 2 is 1.95 bits per heavy atom. The maximum absolute atomic E-state index is 11.7. The summed E-state index contributed by atoms with van der Waals surface area (Å²) in [5.41, 5.74) is 5.02. The van der Waals surface area contributed by atoms with Crippen molar-refractivity contribution in [2.45, 2.75) is 57.7 Å². The molecular weight excluding hydrogens is 244 g/mol. The second kappa shape index (κ2) is 6.68. The first kappa shape index (κ1) is 16.4. The van der Waals surface area contributed by atoms with Crippen molar-refractivity contribution in [2.24, 2.45) is 11.1 Å². The van der Waals surface area contributed by atoms with Crippen LogP contribution in [0, 0.1) is 5.41 Å². The van der Waals surface area contributed by atoms with Gasteiger partial charge in [0.05, 0.1) is 18.1 Å². The highest BCUT2D eigenvalue weighted by molar-refractivity contribution is 5.76. The zero-order valence-electron chi connectivity index (χ0n) is 12.4. The molecule has 19 heavy (non-hydrogen) atoms. The van der Waals surface area contributed by atoms with Crippen molar-refractivity contribution in [1.82, 2.24) is 5.32 Å². The van der Waals surface area contributed by atoms with Crippen molar-refractivity contribution in [1.29, 1.82) is 0 Å². The van der Waals surface area contributed by atoms with Crippen LogP contribution in [0.15, 0.2) is 0 Å². The summed E-state index contributed by atoms with van der Waals surface area (Å²) < 4.78 is 5.07. The fourth-order valence-corrected chi connectivity index (χ4v) is 2.37. The molecule has 1 amide bonds. The quantitative estimate of drug-likeness (QED) is 0.667. The number of nitrogens with two attached hydrogens (primary N) is 1. The second-order valence-electron chi connectivity index (χ2n) is 6.46. The van der Waals surface area contributed by atoms with E-state index in [9.17, 15) is 9.90 Å². The molecule has 1 aliphatic carbocycles. The van der Waals surface area contributed by atoms with Crippen molar-refractivity contribution in [2.75, 3.05) is 20.2 Å². The van der Waals surface area contributed by atoms with Crippen molar-refractivity contribution in [3.05, 3.63) is 0 Å². The third kappa shape index (κ3) is 5.47. The average molecular weight is 272 g/mol. The van der Waals surface area contributed by atoms with E-state index in [1.54, 1.807) is 7.11 Å². The van der Waals surface area contributed by atoms with E-state index >= 15 is 0 Å². The molecule has 5 heteroatoms. The molecule has 0 heterocycles. The van der Waals surface area contributed by atoms with Crippen LogP contribution in [-0.4, -0.2) is 42.9 Å². The van der Waals surface area contributed by atoms with Gasteiger partial charge < -0.3 is 20.9 Å². The largest absolute Gasteiger partial charge is 0.388 e. The third-order valence-corrected chi connectivity index (χ3v) is 4.16. The number of carbonyl (C=O) groups is 1. The molecule has 1 rings (SSSR count). The summed E-state index contributed by atoms with van der Waals surface area (Å²) in [6, 6.07) is 0. The molecule has 0 bridgehead atoms. The highest BCUT2D eigenvalue weighted by Gasteiger charge is 2.36. The Morgan fingerprint density at radius 3 is 2.42 bits per heavy atom. The molecule has 1 saturated carbocycles. The molecule has 0 radical (unpaired) electrons. The zero-order chi connectivity index (χ0) is 14.5. The molecular formula is C14H28N2O3. The topological polar surface area (TPSA) is 84.6 Å². The number of amides is 1. The van der Waals surface area contributed by atoms with Gasteiger partial charge in [-0.1, -0.05) is 13.8 Å². The van der Waals surface area contributed by atoms with Crippen LogP contribution in [0.4, 0.5) is 0 Å². The molecule has 5 nitrogen and oxygen atoms in total. The average Bonchev–Trinajstić information content (AvgIpc) is 2.38. The van der Waals surface area contributed by atoms with Gasteiger partial charge in [0.2, 0.25) is 5.91 Å². The minimum atomic E-state index is -0.754. The van der Waals surface area contributed by atoms with Gasteiger partial charge in [-0.3, -0.25) is 4.79 Å². The summed E-state index contributed by atoms with van der Waals surface area (Å²) in [5.74, 6) is -0.115. The first-order valence-electron chi connectivity index (χ1n) is 7.02. The maximum atomic E-state index is 11.7. The van der Waals surface area contributed by atoms with Crippen LogP contribution in [-0.2, 0) is 9.53 Å². The third-order valence-electron chi connectivity index (χ3n) is 4.16. The molecule has 112 valence electrons. The Labute approximate surface area is 115 Å². The summed E-state index contributed by atoms with van der Waals surface area (Å²) in [6.07, 6.45) is 3.45. The molecule has 1 atom stereocenters. The van der Waals surface area contributed by atoms with E-state index < -0.39 is 5.60 Å². The SMILES string of the molecule is COC(CN)CC(=O)NCC1(O)CCC(C)(C)CC1. The lowest BCUT2D eigenvalue weighted by atomic mass is 9.71. The first-order valence-corrected chi connectivity index (χ1v) is 7.02. The summed E-state index contributed by atoms with van der Waals surface area (Å²) in [5, 5.41) is 13.2. The van der Waals surface area contributed by atoms with Crippen LogP contribution in [0.5, 0.6) is 0 Å². The number of hydrogen-bond donors (Lipinski definition) is 3. The molecule has 0 aliphatic heterocycles. The smallest absolute Gasteiger partial charge is 0.222 e. The summed E-state index contributed by atoms with van der Waals surface area (Å²) in [6.45, 7) is 5.08. The Hall–Kier alpha value is -0.650. The first-order chi connectivity index (χ1) is 8.80. The van der Waals surface area contributed by atoms with Crippen molar-refractivity contribution in [3.8, 4) is 0 Å². The number of methoxy groups -OCH3 is 1. The number of aliphatic hydroxyl groups is 1. The Morgan fingerprint density at radius 1 is 1.37 bits per heavy atom. The molecule has 0 spiro atoms. The normalized spacial score (nSPS) is 22.8. The van der Waals surface area contributed by atoms with Crippen LogP contribution in [0.25, 0.3) is 0 Å². The molecule has 0 aromatic rings. The monoisotopic (exact) mass is 272 g/mol. The predicted octanol–water partition coefficient (Wildman–Crippen LogP) is 0.798. The van der Waals surface area contributed by atoms with Gasteiger partial charge in [-0.2, -0.15) is 0 Å². The van der Waals surface area contributed by atoms with Crippen LogP contribution in [0.3, 0.4) is 0 Å². The number of carbonyl (C=O) groups excluding carboxylic acids is 1. The Balaban J connectivity index is 2.34. The molecule has 1 unspecified atom stereocenters. The zero-order valence-corrected chi connectivity index (χ0v) is 12.4. The van der Waals surface area contributed by atoms with Crippen LogP contribution < -0.4 is 11.1 Å². The van der Waals surface area contributed by atoms with E-state index in [-0.39, 0.29) is 18.4 Å². The lowest BCUT2D eigenvalue weighted by Crippen LogP contribution is -2.47. The highest BCUT2D eigenvalue weighted by atomic mass is 16.5. The lowest BCUT2D eigenvalue weighted by Gasteiger charge is -2.40. The van der Waals surface area contributed by atoms with Gasteiger partial charge in [0, 0.05) is 20.2 Å². The molecule has 0 saturated heterocycles. The van der Waals surface area contributed by atoms with Gasteiger partial charge in [0.25, 0.3) is 0 Å².